The lowest BCUT2D eigenvalue weighted by Gasteiger charge is -2.20. The number of nitrogens with two attached hydrogens (primary N) is 4. The van der Waals surface area contributed by atoms with Gasteiger partial charge in [0.15, 0.2) is 22.6 Å². The molecule has 7 aromatic heterocycles. The number of carbonyl (C=O) groups is 1. The second-order valence-electron chi connectivity index (χ2n) is 12.8. The lowest BCUT2D eigenvalue weighted by Crippen LogP contribution is -2.32. The Kier molecular flexibility index (Phi) is 15.8. The highest BCUT2D eigenvalue weighted by Crippen LogP contribution is 2.12. The van der Waals surface area contributed by atoms with Crippen molar-refractivity contribution >= 4 is 51.6 Å². The summed E-state index contributed by atoms with van der Waals surface area (Å²) in [6.45, 7) is 7.05. The zero-order chi connectivity index (χ0) is 45.7. The molecule has 7 aromatic rings. The molecule has 1 aliphatic heterocycles. The van der Waals surface area contributed by atoms with E-state index < -0.39 is 0 Å². The molecule has 0 aliphatic carbocycles. The number of fused-ring (bicyclic) bond motifs is 2. The minimum Gasteiger partial charge on any atom is -0.383 e. The Bertz CT molecular complexity index is 2970. The maximum Gasteiger partial charge on any atom is 0.349 e. The first-order valence-electron chi connectivity index (χ1n) is 17.4. The minimum absolute atomic E-state index is 0.108. The first kappa shape index (κ1) is 46.7. The molecule has 0 saturated carbocycles. The summed E-state index contributed by atoms with van der Waals surface area (Å²) in [6, 6.07) is 1.57. The molecule has 1 amide bonds. The van der Waals surface area contributed by atoms with Gasteiger partial charge >= 0.3 is 17.1 Å². The quantitative estimate of drug-likeness (QED) is 0.0839. The second-order valence-corrected chi connectivity index (χ2v) is 12.8. The normalized spacial score (nSPS) is 11.3. The molecule has 0 saturated heterocycles. The minimum atomic E-state index is -0.379. The van der Waals surface area contributed by atoms with Crippen molar-refractivity contribution in [3.63, 3.8) is 0 Å². The molecule has 11 N–H and O–H groups in total. The van der Waals surface area contributed by atoms with Crippen molar-refractivity contribution in [2.24, 2.45) is 35.2 Å². The van der Waals surface area contributed by atoms with Crippen molar-refractivity contribution in [2.45, 2.75) is 13.8 Å². The van der Waals surface area contributed by atoms with Gasteiger partial charge < -0.3 is 56.0 Å². The summed E-state index contributed by atoms with van der Waals surface area (Å²) in [6.07, 6.45) is 12.5. The number of hydrogen-bond donors (Lipinski definition) is 7. The van der Waals surface area contributed by atoms with E-state index in [1.165, 1.54) is 38.6 Å². The number of amides is 1. The van der Waals surface area contributed by atoms with Crippen molar-refractivity contribution < 1.29 is 4.79 Å². The Morgan fingerprint density at radius 2 is 1.23 bits per heavy atom. The number of nitrogens with zero attached hydrogens (tertiary/aromatic N) is 13. The van der Waals surface area contributed by atoms with Crippen LogP contribution in [0.2, 0.25) is 0 Å². The molecule has 1 aliphatic rings. The second kappa shape index (κ2) is 20.6. The van der Waals surface area contributed by atoms with E-state index in [2.05, 4.69) is 56.8 Å². The van der Waals surface area contributed by atoms with E-state index in [-0.39, 0.29) is 45.9 Å². The Hall–Kier alpha value is -8.71. The molecule has 0 fully saturated rings. The van der Waals surface area contributed by atoms with Crippen molar-refractivity contribution in [3.05, 3.63) is 132 Å². The van der Waals surface area contributed by atoms with E-state index in [4.69, 9.17) is 22.9 Å². The summed E-state index contributed by atoms with van der Waals surface area (Å²) in [7, 11) is 10.3. The van der Waals surface area contributed by atoms with E-state index >= 15 is 0 Å². The van der Waals surface area contributed by atoms with Crippen molar-refractivity contribution in [1.29, 1.82) is 0 Å². The average Bonchev–Trinajstić information content (AvgIpc) is 3.77. The SMILES string of the molecule is C=C1NC(=O)C=CN1C.Cc1cn(C)c(=O)[nH]c1=O.Cc1cn(C)c(=O)nc1N.Cn1ccc(N)nc1=O.Cn1cnc2c(=O)[nH]c(N)nc21.Cn1cnc2c(N)ncnc21. The van der Waals surface area contributed by atoms with Gasteiger partial charge in [-0.15, -0.1) is 0 Å². The number of aromatic amines is 2. The van der Waals surface area contributed by atoms with Crippen LogP contribution < -0.4 is 56.4 Å². The third-order valence-corrected chi connectivity index (χ3v) is 7.85. The topological polar surface area (TPSA) is 368 Å². The standard InChI is InChI=1S/C6H7N5O.C6H7N5.C6H9N3O.C6H8N2O2.C6H8N2O.C5H7N3O/c1-11-2-8-3-4(11)9-6(7)10-5(3)12;1-11-3-10-4-5(7)8-2-9-6(4)11;1-4-3-9(2)6(10)8-5(4)7;1-4-3-8(2)6(10)7-5(4)9;1-5-7-6(9)3-4-8(5)2;1-8-3-2-4(6)7-5(8)9/h2H,1H3,(H3,7,9,10,12);2-3H,1H3,(H2,7,8,9);3H,1-2H3,(H2,7,8,10);3H,1-2H3,(H,7,9,10);3-4H,1H2,2H3,(H,7,9);2-3H,1H3,(H2,6,7,9). The van der Waals surface area contributed by atoms with Gasteiger partial charge in [-0.3, -0.25) is 24.4 Å². The molecular weight excluding hydrogens is 797 g/mol. The zero-order valence-electron chi connectivity index (χ0n) is 34.5. The molecule has 0 atom stereocenters. The maximum absolute atomic E-state index is 11.2. The summed E-state index contributed by atoms with van der Waals surface area (Å²) in [5, 5.41) is 2.53. The average molecular weight is 843 g/mol. The number of nitrogen functional groups attached to an aromatic ring is 4. The molecule has 0 spiro atoms. The van der Waals surface area contributed by atoms with E-state index in [1.807, 2.05) is 21.0 Å². The summed E-state index contributed by atoms with van der Waals surface area (Å²) >= 11 is 0. The summed E-state index contributed by atoms with van der Waals surface area (Å²) in [5.74, 6) is 1.61. The van der Waals surface area contributed by atoms with Gasteiger partial charge in [-0.25, -0.2) is 34.3 Å². The Morgan fingerprint density at radius 1 is 0.623 bits per heavy atom. The third kappa shape index (κ3) is 13.2. The van der Waals surface area contributed by atoms with Crippen LogP contribution in [-0.4, -0.2) is 85.5 Å². The van der Waals surface area contributed by atoms with Crippen LogP contribution in [0, 0.1) is 13.8 Å². The van der Waals surface area contributed by atoms with E-state index in [1.54, 1.807) is 80.1 Å². The molecule has 0 aromatic carbocycles. The largest absolute Gasteiger partial charge is 0.383 e. The third-order valence-electron chi connectivity index (χ3n) is 7.85. The fraction of sp³-hybridized carbons (Fsp3) is 0.229. The van der Waals surface area contributed by atoms with E-state index in [9.17, 15) is 28.8 Å². The smallest absolute Gasteiger partial charge is 0.349 e. The summed E-state index contributed by atoms with van der Waals surface area (Å²) in [4.78, 5) is 97.4. The van der Waals surface area contributed by atoms with Crippen molar-refractivity contribution in [3.8, 4) is 0 Å². The molecule has 0 radical (unpaired) electrons. The number of anilines is 4. The van der Waals surface area contributed by atoms with Gasteiger partial charge in [0, 0.05) is 84.3 Å². The Labute approximate surface area is 344 Å². The number of rotatable bonds is 0. The molecule has 26 heteroatoms. The van der Waals surface area contributed by atoms with Crippen LogP contribution in [-0.2, 0) is 40.0 Å². The summed E-state index contributed by atoms with van der Waals surface area (Å²) < 4.78 is 7.52. The first-order valence-corrected chi connectivity index (χ1v) is 17.4. The van der Waals surface area contributed by atoms with Crippen LogP contribution in [0.25, 0.3) is 22.3 Å². The van der Waals surface area contributed by atoms with Crippen LogP contribution >= 0.6 is 0 Å². The Balaban J connectivity index is 0.000000196. The number of H-pyrrole nitrogens is 2. The fourth-order valence-corrected chi connectivity index (χ4v) is 4.39. The monoisotopic (exact) mass is 842 g/mol. The van der Waals surface area contributed by atoms with Gasteiger partial charge in [-0.05, 0) is 19.9 Å². The van der Waals surface area contributed by atoms with Crippen LogP contribution in [0.5, 0.6) is 0 Å². The molecule has 8 heterocycles. The lowest BCUT2D eigenvalue weighted by molar-refractivity contribution is -0.116. The van der Waals surface area contributed by atoms with Gasteiger partial charge in [0.2, 0.25) is 5.95 Å². The number of hydrogen-bond acceptors (Lipinski definition) is 18. The van der Waals surface area contributed by atoms with Gasteiger partial charge in [0.05, 0.1) is 12.7 Å². The number of aryl methyl sites for hydroxylation is 7. The molecule has 26 nitrogen and oxygen atoms in total. The van der Waals surface area contributed by atoms with Gasteiger partial charge in [-0.1, -0.05) is 6.58 Å². The van der Waals surface area contributed by atoms with Crippen LogP contribution in [0.3, 0.4) is 0 Å². The van der Waals surface area contributed by atoms with E-state index in [0.717, 1.165) is 11.2 Å². The molecule has 0 bridgehead atoms. The molecule has 322 valence electrons. The predicted octanol–water partition coefficient (Wildman–Crippen LogP) is -2.37. The lowest BCUT2D eigenvalue weighted by atomic mass is 10.3. The molecule has 61 heavy (non-hydrogen) atoms. The highest BCUT2D eigenvalue weighted by molar-refractivity contribution is 5.89. The maximum atomic E-state index is 11.2. The Morgan fingerprint density at radius 3 is 1.79 bits per heavy atom. The molecule has 0 unspecified atom stereocenters. The van der Waals surface area contributed by atoms with E-state index in [0.29, 0.717) is 39.7 Å². The van der Waals surface area contributed by atoms with Gasteiger partial charge in [0.1, 0.15) is 29.3 Å². The van der Waals surface area contributed by atoms with Crippen LogP contribution in [0.4, 0.5) is 23.4 Å². The number of nitrogens with one attached hydrogen (secondary N) is 3. The number of imidazole rings is 2. The highest BCUT2D eigenvalue weighted by atomic mass is 16.2. The van der Waals surface area contributed by atoms with Crippen LogP contribution in [0.15, 0.2) is 92.3 Å². The zero-order valence-corrected chi connectivity index (χ0v) is 34.5. The van der Waals surface area contributed by atoms with Crippen LogP contribution in [0.1, 0.15) is 11.1 Å². The van der Waals surface area contributed by atoms with Crippen molar-refractivity contribution in [2.75, 3.05) is 30.0 Å². The van der Waals surface area contributed by atoms with Crippen molar-refractivity contribution in [1.82, 2.24) is 77.9 Å². The summed E-state index contributed by atoms with van der Waals surface area (Å²) in [5.41, 5.74) is 23.4. The molecular formula is C35H46N20O6. The van der Waals surface area contributed by atoms with Gasteiger partial charge in [-0.2, -0.15) is 15.0 Å². The number of carbonyl (C=O) groups excluding carboxylic acids is 1. The van der Waals surface area contributed by atoms with Gasteiger partial charge in [0.25, 0.3) is 17.0 Å². The first-order chi connectivity index (χ1) is 28.6. The highest BCUT2D eigenvalue weighted by Gasteiger charge is 2.07. The molecule has 8 rings (SSSR count). The fourth-order valence-electron chi connectivity index (χ4n) is 4.39. The number of aromatic nitrogens is 14. The predicted molar refractivity (Wildman–Crippen MR) is 228 cm³/mol.